The highest BCUT2D eigenvalue weighted by Gasteiger charge is 2.36. The van der Waals surface area contributed by atoms with Crippen molar-refractivity contribution in [3.63, 3.8) is 0 Å². The number of nitrogens with two attached hydrogens (primary N) is 1. The molecule has 1 aromatic rings. The normalized spacial score (nSPS) is 18.8. The van der Waals surface area contributed by atoms with E-state index in [2.05, 4.69) is 36.5 Å². The molecule has 1 aromatic carbocycles. The monoisotopic (exact) mass is 274 g/mol. The van der Waals surface area contributed by atoms with Gasteiger partial charge >= 0.3 is 0 Å². The van der Waals surface area contributed by atoms with E-state index in [1.54, 1.807) is 0 Å². The predicted molar refractivity (Wildman–Crippen MR) is 82.4 cm³/mol. The number of carbonyl (C=O) groups is 1. The van der Waals surface area contributed by atoms with Gasteiger partial charge in [0.1, 0.15) is 0 Å². The number of amides is 1. The summed E-state index contributed by atoms with van der Waals surface area (Å²) in [7, 11) is 0. The fourth-order valence-corrected chi connectivity index (χ4v) is 3.10. The average Bonchev–Trinajstić information content (AvgIpc) is 2.86. The first-order valence-electron chi connectivity index (χ1n) is 7.66. The van der Waals surface area contributed by atoms with Crippen LogP contribution in [0.3, 0.4) is 0 Å². The van der Waals surface area contributed by atoms with E-state index in [0.29, 0.717) is 6.42 Å². The molecule has 1 fully saturated rings. The molecule has 3 nitrogen and oxygen atoms in total. The zero-order valence-corrected chi connectivity index (χ0v) is 12.6. The third kappa shape index (κ3) is 3.60. The van der Waals surface area contributed by atoms with Crippen LogP contribution in [0.1, 0.15) is 56.6 Å². The lowest BCUT2D eigenvalue weighted by atomic mass is 9.87. The molecule has 0 spiro atoms. The number of carbonyl (C=O) groups excluding carboxylic acids is 1. The van der Waals surface area contributed by atoms with E-state index < -0.39 is 0 Å². The van der Waals surface area contributed by atoms with Gasteiger partial charge in [0.05, 0.1) is 5.54 Å². The van der Waals surface area contributed by atoms with Crippen molar-refractivity contribution in [2.24, 2.45) is 5.73 Å². The van der Waals surface area contributed by atoms with Crippen molar-refractivity contribution in [3.8, 4) is 0 Å². The smallest absolute Gasteiger partial charge is 0.220 e. The van der Waals surface area contributed by atoms with Crippen LogP contribution in [0.25, 0.3) is 0 Å². The third-order valence-electron chi connectivity index (χ3n) is 4.23. The van der Waals surface area contributed by atoms with Crippen LogP contribution in [-0.4, -0.2) is 11.9 Å². The molecule has 3 heteroatoms. The Bertz CT molecular complexity index is 462. The SMILES string of the molecule is Cc1cccc(C2(NC(=O)CCC(C)N)CCCC2)c1. The molecule has 1 atom stereocenters. The van der Waals surface area contributed by atoms with Gasteiger partial charge in [0.25, 0.3) is 0 Å². The summed E-state index contributed by atoms with van der Waals surface area (Å²) in [4.78, 5) is 12.2. The van der Waals surface area contributed by atoms with Gasteiger partial charge in [0.15, 0.2) is 0 Å². The van der Waals surface area contributed by atoms with Gasteiger partial charge < -0.3 is 11.1 Å². The van der Waals surface area contributed by atoms with Crippen molar-refractivity contribution in [2.75, 3.05) is 0 Å². The Morgan fingerprint density at radius 2 is 2.10 bits per heavy atom. The second-order valence-corrected chi connectivity index (χ2v) is 6.22. The maximum Gasteiger partial charge on any atom is 0.220 e. The van der Waals surface area contributed by atoms with Crippen LogP contribution in [0.5, 0.6) is 0 Å². The summed E-state index contributed by atoms with van der Waals surface area (Å²) in [6, 6.07) is 8.61. The van der Waals surface area contributed by atoms with E-state index in [-0.39, 0.29) is 17.5 Å². The third-order valence-corrected chi connectivity index (χ3v) is 4.23. The van der Waals surface area contributed by atoms with Crippen molar-refractivity contribution in [1.29, 1.82) is 0 Å². The molecule has 20 heavy (non-hydrogen) atoms. The molecular weight excluding hydrogens is 248 g/mol. The fraction of sp³-hybridized carbons (Fsp3) is 0.588. The first kappa shape index (κ1) is 15.0. The standard InChI is InChI=1S/C17H26N2O/c1-13-6-5-7-15(12-13)17(10-3-4-11-17)19-16(20)9-8-14(2)18/h5-7,12,14H,3-4,8-11,18H2,1-2H3,(H,19,20). The Balaban J connectivity index is 2.12. The Labute approximate surface area is 121 Å². The Morgan fingerprint density at radius 1 is 1.40 bits per heavy atom. The van der Waals surface area contributed by atoms with Crippen LogP contribution in [0.15, 0.2) is 24.3 Å². The van der Waals surface area contributed by atoms with Gasteiger partial charge in [-0.25, -0.2) is 0 Å². The summed E-state index contributed by atoms with van der Waals surface area (Å²) < 4.78 is 0. The first-order valence-corrected chi connectivity index (χ1v) is 7.66. The average molecular weight is 274 g/mol. The minimum Gasteiger partial charge on any atom is -0.347 e. The van der Waals surface area contributed by atoms with Crippen LogP contribution in [0.2, 0.25) is 0 Å². The maximum atomic E-state index is 12.2. The van der Waals surface area contributed by atoms with E-state index in [1.807, 2.05) is 6.92 Å². The molecule has 0 heterocycles. The molecule has 0 aromatic heterocycles. The highest BCUT2D eigenvalue weighted by Crippen LogP contribution is 2.39. The van der Waals surface area contributed by atoms with Gasteiger partial charge in [0, 0.05) is 12.5 Å². The van der Waals surface area contributed by atoms with Gasteiger partial charge in [-0.15, -0.1) is 0 Å². The maximum absolute atomic E-state index is 12.2. The zero-order chi connectivity index (χ0) is 14.6. The second-order valence-electron chi connectivity index (χ2n) is 6.22. The molecule has 0 bridgehead atoms. The van der Waals surface area contributed by atoms with Gasteiger partial charge in [-0.3, -0.25) is 4.79 Å². The van der Waals surface area contributed by atoms with Crippen LogP contribution in [-0.2, 0) is 10.3 Å². The van der Waals surface area contributed by atoms with Crippen LogP contribution in [0.4, 0.5) is 0 Å². The summed E-state index contributed by atoms with van der Waals surface area (Å²) in [5, 5.41) is 3.30. The molecule has 110 valence electrons. The lowest BCUT2D eigenvalue weighted by Crippen LogP contribution is -2.44. The van der Waals surface area contributed by atoms with Crippen molar-refractivity contribution < 1.29 is 4.79 Å². The van der Waals surface area contributed by atoms with E-state index in [0.717, 1.165) is 19.3 Å². The topological polar surface area (TPSA) is 55.1 Å². The molecule has 0 radical (unpaired) electrons. The Hall–Kier alpha value is -1.35. The van der Waals surface area contributed by atoms with E-state index in [4.69, 9.17) is 5.73 Å². The highest BCUT2D eigenvalue weighted by atomic mass is 16.1. The lowest BCUT2D eigenvalue weighted by Gasteiger charge is -2.31. The number of hydrogen-bond acceptors (Lipinski definition) is 2. The first-order chi connectivity index (χ1) is 9.52. The van der Waals surface area contributed by atoms with Crippen molar-refractivity contribution in [1.82, 2.24) is 5.32 Å². The minimum absolute atomic E-state index is 0.0826. The molecule has 1 aliphatic carbocycles. The summed E-state index contributed by atoms with van der Waals surface area (Å²) in [6.07, 6.45) is 5.71. The molecule has 3 N–H and O–H groups in total. The van der Waals surface area contributed by atoms with Crippen molar-refractivity contribution in [3.05, 3.63) is 35.4 Å². The van der Waals surface area contributed by atoms with Gasteiger partial charge in [-0.2, -0.15) is 0 Å². The van der Waals surface area contributed by atoms with E-state index >= 15 is 0 Å². The van der Waals surface area contributed by atoms with Crippen LogP contribution >= 0.6 is 0 Å². The molecule has 0 aliphatic heterocycles. The summed E-state index contributed by atoms with van der Waals surface area (Å²) in [6.45, 7) is 4.04. The zero-order valence-electron chi connectivity index (χ0n) is 12.6. The van der Waals surface area contributed by atoms with Gasteiger partial charge in [0.2, 0.25) is 5.91 Å². The van der Waals surface area contributed by atoms with E-state index in [9.17, 15) is 4.79 Å². The van der Waals surface area contributed by atoms with Crippen LogP contribution in [0, 0.1) is 6.92 Å². The number of nitrogens with one attached hydrogen (secondary N) is 1. The Kier molecular flexibility index (Phi) is 4.81. The van der Waals surface area contributed by atoms with Gasteiger partial charge in [-0.05, 0) is 38.7 Å². The molecule has 1 aliphatic rings. The quantitative estimate of drug-likeness (QED) is 0.867. The molecule has 0 saturated heterocycles. The molecular formula is C17H26N2O. The molecule has 1 unspecified atom stereocenters. The number of aryl methyl sites for hydroxylation is 1. The molecule has 2 rings (SSSR count). The second kappa shape index (κ2) is 6.40. The largest absolute Gasteiger partial charge is 0.347 e. The predicted octanol–water partition coefficient (Wildman–Crippen LogP) is 3.01. The Morgan fingerprint density at radius 3 is 2.70 bits per heavy atom. The molecule has 1 saturated carbocycles. The van der Waals surface area contributed by atoms with Crippen molar-refractivity contribution >= 4 is 5.91 Å². The number of rotatable bonds is 5. The van der Waals surface area contributed by atoms with Gasteiger partial charge in [-0.1, -0.05) is 42.7 Å². The fourth-order valence-electron chi connectivity index (χ4n) is 3.10. The highest BCUT2D eigenvalue weighted by molar-refractivity contribution is 5.77. The van der Waals surface area contributed by atoms with Crippen LogP contribution < -0.4 is 11.1 Å². The number of hydrogen-bond donors (Lipinski definition) is 2. The minimum atomic E-state index is -0.152. The summed E-state index contributed by atoms with van der Waals surface area (Å²) >= 11 is 0. The number of benzene rings is 1. The summed E-state index contributed by atoms with van der Waals surface area (Å²) in [5.41, 5.74) is 8.08. The lowest BCUT2D eigenvalue weighted by molar-refractivity contribution is -0.123. The van der Waals surface area contributed by atoms with E-state index in [1.165, 1.54) is 24.0 Å². The molecule has 1 amide bonds. The van der Waals surface area contributed by atoms with Crippen molar-refractivity contribution in [2.45, 2.75) is 64.0 Å². The summed E-state index contributed by atoms with van der Waals surface area (Å²) in [5.74, 6) is 0.130.